The van der Waals surface area contributed by atoms with Crippen molar-refractivity contribution in [3.63, 3.8) is 0 Å². The molecule has 0 bridgehead atoms. The molecule has 1 heterocycles. The van der Waals surface area contributed by atoms with Gasteiger partial charge in [-0.1, -0.05) is 11.6 Å². The highest BCUT2D eigenvalue weighted by Crippen LogP contribution is 2.21. The van der Waals surface area contributed by atoms with E-state index in [1.807, 2.05) is 0 Å². The summed E-state index contributed by atoms with van der Waals surface area (Å²) in [5.74, 6) is -0.964. The first-order valence-corrected chi connectivity index (χ1v) is 4.05. The van der Waals surface area contributed by atoms with Crippen molar-refractivity contribution >= 4 is 17.6 Å². The van der Waals surface area contributed by atoms with Crippen molar-refractivity contribution in [1.82, 2.24) is 9.78 Å². The van der Waals surface area contributed by atoms with Gasteiger partial charge in [0.05, 0.1) is 23.2 Å². The van der Waals surface area contributed by atoms with Gasteiger partial charge in [0, 0.05) is 13.2 Å². The quantitative estimate of drug-likeness (QED) is 0.752. The molecule has 5 nitrogen and oxygen atoms in total. The van der Waals surface area contributed by atoms with Gasteiger partial charge in [0.1, 0.15) is 0 Å². The number of carboxylic acids is 1. The monoisotopic (exact) mass is 203 g/mol. The van der Waals surface area contributed by atoms with Crippen LogP contribution in [0.25, 0.3) is 0 Å². The van der Waals surface area contributed by atoms with Crippen molar-refractivity contribution in [3.05, 3.63) is 16.9 Å². The van der Waals surface area contributed by atoms with Crippen LogP contribution >= 0.6 is 11.6 Å². The zero-order valence-electron chi connectivity index (χ0n) is 7.07. The number of rotatable bonds is 3. The number of carboxylic acid groups (broad SMARTS) is 1. The molecule has 0 aliphatic carbocycles. The second-order valence-electron chi connectivity index (χ2n) is 2.74. The van der Waals surface area contributed by atoms with E-state index < -0.39 is 12.0 Å². The molecule has 72 valence electrons. The van der Waals surface area contributed by atoms with E-state index >= 15 is 0 Å². The molecule has 0 aliphatic rings. The smallest absolute Gasteiger partial charge is 0.305 e. The van der Waals surface area contributed by atoms with Crippen molar-refractivity contribution in [1.29, 1.82) is 0 Å². The summed E-state index contributed by atoms with van der Waals surface area (Å²) in [4.78, 5) is 10.3. The topological polar surface area (TPSA) is 81.1 Å². The molecule has 0 fully saturated rings. The first kappa shape index (κ1) is 10.0. The summed E-state index contributed by atoms with van der Waals surface area (Å²) in [6.45, 7) is 0. The highest BCUT2D eigenvalue weighted by molar-refractivity contribution is 6.31. The fourth-order valence-corrected chi connectivity index (χ4v) is 1.33. The Morgan fingerprint density at radius 2 is 2.54 bits per heavy atom. The lowest BCUT2D eigenvalue weighted by molar-refractivity contribution is -0.137. The average Bonchev–Trinajstić information content (AvgIpc) is 2.28. The second-order valence-corrected chi connectivity index (χ2v) is 3.15. The average molecular weight is 204 g/mol. The molecule has 1 atom stereocenters. The summed E-state index contributed by atoms with van der Waals surface area (Å²) in [5, 5.41) is 12.8. The summed E-state index contributed by atoms with van der Waals surface area (Å²) in [7, 11) is 1.70. The third-order valence-corrected chi connectivity index (χ3v) is 1.85. The zero-order chi connectivity index (χ0) is 10.0. The predicted molar refractivity (Wildman–Crippen MR) is 47.4 cm³/mol. The third-order valence-electron chi connectivity index (χ3n) is 1.56. The predicted octanol–water partition coefficient (Wildman–Crippen LogP) is 0.548. The van der Waals surface area contributed by atoms with E-state index in [-0.39, 0.29) is 6.42 Å². The Kier molecular flexibility index (Phi) is 2.90. The van der Waals surface area contributed by atoms with Gasteiger partial charge in [-0.2, -0.15) is 5.10 Å². The van der Waals surface area contributed by atoms with Gasteiger partial charge in [0.25, 0.3) is 0 Å². The molecule has 6 heteroatoms. The molecule has 13 heavy (non-hydrogen) atoms. The van der Waals surface area contributed by atoms with Gasteiger partial charge in [0.15, 0.2) is 0 Å². The van der Waals surface area contributed by atoms with Gasteiger partial charge in [-0.15, -0.1) is 0 Å². The van der Waals surface area contributed by atoms with Gasteiger partial charge >= 0.3 is 5.97 Å². The summed E-state index contributed by atoms with van der Waals surface area (Å²) in [6, 6.07) is -0.647. The molecule has 1 aromatic rings. The molecule has 1 unspecified atom stereocenters. The number of aryl methyl sites for hydroxylation is 1. The summed E-state index contributed by atoms with van der Waals surface area (Å²) in [5.41, 5.74) is 5.99. The fraction of sp³-hybridized carbons (Fsp3) is 0.429. The van der Waals surface area contributed by atoms with Crippen LogP contribution in [0.2, 0.25) is 5.02 Å². The van der Waals surface area contributed by atoms with E-state index in [0.717, 1.165) is 0 Å². The maximum absolute atomic E-state index is 10.3. The lowest BCUT2D eigenvalue weighted by Crippen LogP contribution is -2.16. The number of hydrogen-bond donors (Lipinski definition) is 2. The Bertz CT molecular complexity index is 324. The molecule has 0 aromatic carbocycles. The summed E-state index contributed by atoms with van der Waals surface area (Å²) >= 11 is 5.77. The van der Waals surface area contributed by atoms with Crippen molar-refractivity contribution in [2.45, 2.75) is 12.5 Å². The molecule has 0 amide bonds. The van der Waals surface area contributed by atoms with Crippen LogP contribution in [0.15, 0.2) is 6.20 Å². The van der Waals surface area contributed by atoms with Crippen molar-refractivity contribution < 1.29 is 9.90 Å². The van der Waals surface area contributed by atoms with Crippen molar-refractivity contribution in [2.24, 2.45) is 12.8 Å². The fourth-order valence-electron chi connectivity index (χ4n) is 1.01. The number of halogens is 1. The van der Waals surface area contributed by atoms with Crippen LogP contribution < -0.4 is 5.73 Å². The van der Waals surface area contributed by atoms with Gasteiger partial charge in [-0.3, -0.25) is 9.48 Å². The molecule has 3 N–H and O–H groups in total. The van der Waals surface area contributed by atoms with Gasteiger partial charge in [-0.05, 0) is 0 Å². The first-order chi connectivity index (χ1) is 6.00. The molecule has 1 aromatic heterocycles. The number of nitrogens with zero attached hydrogens (tertiary/aromatic N) is 2. The normalized spacial score (nSPS) is 12.8. The van der Waals surface area contributed by atoms with Crippen LogP contribution in [0.5, 0.6) is 0 Å². The molecular weight excluding hydrogens is 194 g/mol. The van der Waals surface area contributed by atoms with Crippen LogP contribution in [0.3, 0.4) is 0 Å². The minimum Gasteiger partial charge on any atom is -0.481 e. The van der Waals surface area contributed by atoms with E-state index in [2.05, 4.69) is 5.10 Å². The Morgan fingerprint density at radius 3 is 2.92 bits per heavy atom. The third kappa shape index (κ3) is 2.43. The van der Waals surface area contributed by atoms with Gasteiger partial charge in [0.2, 0.25) is 0 Å². The van der Waals surface area contributed by atoms with Crippen LogP contribution in [0.1, 0.15) is 18.2 Å². The SMILES string of the molecule is Cn1cc(Cl)c(C(N)CC(=O)O)n1. The largest absolute Gasteiger partial charge is 0.481 e. The van der Waals surface area contributed by atoms with Crippen LogP contribution in [0.4, 0.5) is 0 Å². The zero-order valence-corrected chi connectivity index (χ0v) is 7.82. The standard InChI is InChI=1S/C7H10ClN3O2/c1-11-3-4(8)7(10-11)5(9)2-6(12)13/h3,5H,2,9H2,1H3,(H,12,13). The Morgan fingerprint density at radius 1 is 1.92 bits per heavy atom. The number of nitrogens with two attached hydrogens (primary N) is 1. The van der Waals surface area contributed by atoms with E-state index in [1.54, 1.807) is 13.2 Å². The Hall–Kier alpha value is -1.07. The maximum Gasteiger partial charge on any atom is 0.305 e. The molecule has 0 saturated heterocycles. The highest BCUT2D eigenvalue weighted by atomic mass is 35.5. The molecule has 1 rings (SSSR count). The van der Waals surface area contributed by atoms with Crippen LogP contribution in [0, 0.1) is 0 Å². The van der Waals surface area contributed by atoms with Crippen LogP contribution in [-0.2, 0) is 11.8 Å². The van der Waals surface area contributed by atoms with Gasteiger partial charge in [-0.25, -0.2) is 0 Å². The lowest BCUT2D eigenvalue weighted by atomic mass is 10.1. The Labute approximate surface area is 80.1 Å². The number of aromatic nitrogens is 2. The van der Waals surface area contributed by atoms with Gasteiger partial charge < -0.3 is 10.8 Å². The van der Waals surface area contributed by atoms with E-state index in [4.69, 9.17) is 22.4 Å². The van der Waals surface area contributed by atoms with E-state index in [0.29, 0.717) is 10.7 Å². The molecular formula is C7H10ClN3O2. The molecule has 0 radical (unpaired) electrons. The number of hydrogen-bond acceptors (Lipinski definition) is 3. The summed E-state index contributed by atoms with van der Waals surface area (Å²) < 4.78 is 1.50. The minimum absolute atomic E-state index is 0.170. The van der Waals surface area contributed by atoms with E-state index in [1.165, 1.54) is 4.68 Å². The van der Waals surface area contributed by atoms with Crippen LogP contribution in [-0.4, -0.2) is 20.9 Å². The van der Waals surface area contributed by atoms with Crippen molar-refractivity contribution in [2.75, 3.05) is 0 Å². The molecule has 0 aliphatic heterocycles. The maximum atomic E-state index is 10.3. The number of carbonyl (C=O) groups is 1. The molecule has 0 saturated carbocycles. The number of aliphatic carboxylic acids is 1. The van der Waals surface area contributed by atoms with Crippen molar-refractivity contribution in [3.8, 4) is 0 Å². The minimum atomic E-state index is -0.964. The lowest BCUT2D eigenvalue weighted by Gasteiger charge is -2.04. The highest BCUT2D eigenvalue weighted by Gasteiger charge is 2.16. The first-order valence-electron chi connectivity index (χ1n) is 3.67. The molecule has 0 spiro atoms. The summed E-state index contributed by atoms with van der Waals surface area (Å²) in [6.07, 6.45) is 1.41. The van der Waals surface area contributed by atoms with E-state index in [9.17, 15) is 4.79 Å². The second kappa shape index (κ2) is 3.76. The Balaban J connectivity index is 2.81.